The van der Waals surface area contributed by atoms with Crippen LogP contribution in [0.4, 0.5) is 4.39 Å². The van der Waals surface area contributed by atoms with Crippen molar-refractivity contribution in [1.82, 2.24) is 9.55 Å². The zero-order chi connectivity index (χ0) is 19.3. The highest BCUT2D eigenvalue weighted by Crippen LogP contribution is 2.65. The third kappa shape index (κ3) is 2.19. The summed E-state index contributed by atoms with van der Waals surface area (Å²) in [5, 5.41) is 33.5. The molecule has 4 atom stereocenters. The summed E-state index contributed by atoms with van der Waals surface area (Å²) in [6, 6.07) is 4.75. The number of fused-ring (bicyclic) bond motifs is 3. The molecule has 7 rings (SSSR count). The zero-order valence-electron chi connectivity index (χ0n) is 15.7. The SMILES string of the molecule is O[C@H](C[C@H]1c2c(F)cccc2-c2cncn21)C12CC3CC(O)(CC(O)(C3)C1)C2. The number of aliphatic hydroxyl groups excluding tert-OH is 1. The van der Waals surface area contributed by atoms with Gasteiger partial charge in [0.2, 0.25) is 0 Å². The average molecular weight is 384 g/mol. The summed E-state index contributed by atoms with van der Waals surface area (Å²) in [4.78, 5) is 4.22. The van der Waals surface area contributed by atoms with E-state index in [4.69, 9.17) is 0 Å². The number of benzene rings is 1. The summed E-state index contributed by atoms with van der Waals surface area (Å²) in [6.07, 6.45) is 6.79. The van der Waals surface area contributed by atoms with E-state index in [9.17, 15) is 19.7 Å². The normalized spacial score (nSPS) is 41.1. The minimum Gasteiger partial charge on any atom is -0.392 e. The summed E-state index contributed by atoms with van der Waals surface area (Å²) in [5.41, 5.74) is 0.0491. The molecule has 0 amide bonds. The lowest BCUT2D eigenvalue weighted by Crippen LogP contribution is -2.65. The molecule has 4 saturated carbocycles. The molecule has 6 heteroatoms. The van der Waals surface area contributed by atoms with Crippen LogP contribution in [0.15, 0.2) is 30.7 Å². The molecule has 28 heavy (non-hydrogen) atoms. The fraction of sp³-hybridized carbons (Fsp3) is 0.591. The van der Waals surface area contributed by atoms with Crippen LogP contribution in [0, 0.1) is 17.2 Å². The van der Waals surface area contributed by atoms with Crippen molar-refractivity contribution in [2.75, 3.05) is 0 Å². The van der Waals surface area contributed by atoms with Gasteiger partial charge in [0.25, 0.3) is 0 Å². The van der Waals surface area contributed by atoms with E-state index in [1.54, 1.807) is 18.6 Å². The van der Waals surface area contributed by atoms with Gasteiger partial charge >= 0.3 is 0 Å². The number of aromatic nitrogens is 2. The van der Waals surface area contributed by atoms with Crippen molar-refractivity contribution < 1.29 is 19.7 Å². The Morgan fingerprint density at radius 1 is 1.14 bits per heavy atom. The third-order valence-corrected chi connectivity index (χ3v) is 7.87. The first-order valence-corrected chi connectivity index (χ1v) is 10.2. The molecule has 1 aliphatic heterocycles. The van der Waals surface area contributed by atoms with Crippen molar-refractivity contribution in [2.45, 2.75) is 68.3 Å². The standard InChI is InChI=1S/C22H25FN2O3/c23-15-3-1-2-14-17-8-24-12-25(17)16(19(14)15)4-18(26)20-5-13-6-21(27,9-20)11-22(28,7-13)10-20/h1-3,8,12-13,16,18,26-28H,4-7,9-11H2/t13?,16-,18+,20?,21?,22?/m0/s1. The molecule has 0 saturated heterocycles. The molecule has 148 valence electrons. The molecule has 3 N–H and O–H groups in total. The van der Waals surface area contributed by atoms with Gasteiger partial charge in [-0.05, 0) is 50.5 Å². The van der Waals surface area contributed by atoms with Gasteiger partial charge < -0.3 is 19.9 Å². The molecule has 4 fully saturated rings. The number of aliphatic hydroxyl groups is 3. The monoisotopic (exact) mass is 384 g/mol. The second-order valence-electron chi connectivity index (χ2n) is 9.97. The minimum atomic E-state index is -0.881. The third-order valence-electron chi connectivity index (χ3n) is 7.87. The van der Waals surface area contributed by atoms with E-state index in [2.05, 4.69) is 4.98 Å². The average Bonchev–Trinajstić information content (AvgIpc) is 3.15. The lowest BCUT2D eigenvalue weighted by molar-refractivity contribution is -0.252. The van der Waals surface area contributed by atoms with Crippen LogP contribution in [-0.4, -0.2) is 42.2 Å². The lowest BCUT2D eigenvalue weighted by atomic mass is 9.44. The molecule has 1 aromatic carbocycles. The predicted octanol–water partition coefficient (Wildman–Crippen LogP) is 2.79. The number of halogens is 1. The van der Waals surface area contributed by atoms with E-state index < -0.39 is 22.7 Å². The molecule has 5 nitrogen and oxygen atoms in total. The summed E-state index contributed by atoms with van der Waals surface area (Å²) in [5.74, 6) is -0.0153. The van der Waals surface area contributed by atoms with Crippen molar-refractivity contribution in [2.24, 2.45) is 11.3 Å². The highest BCUT2D eigenvalue weighted by Gasteiger charge is 2.64. The summed E-state index contributed by atoms with van der Waals surface area (Å²) >= 11 is 0. The van der Waals surface area contributed by atoms with E-state index in [1.807, 2.05) is 10.6 Å². The van der Waals surface area contributed by atoms with E-state index >= 15 is 0 Å². The van der Waals surface area contributed by atoms with Gasteiger partial charge in [-0.2, -0.15) is 0 Å². The molecule has 2 aromatic rings. The Kier molecular flexibility index (Phi) is 3.20. The Morgan fingerprint density at radius 2 is 1.89 bits per heavy atom. The van der Waals surface area contributed by atoms with Gasteiger partial charge in [0.15, 0.2) is 0 Å². The number of rotatable bonds is 3. The van der Waals surface area contributed by atoms with Gasteiger partial charge in [-0.15, -0.1) is 0 Å². The molecular weight excluding hydrogens is 359 g/mol. The van der Waals surface area contributed by atoms with Crippen LogP contribution in [-0.2, 0) is 0 Å². The zero-order valence-corrected chi connectivity index (χ0v) is 15.7. The van der Waals surface area contributed by atoms with Crippen LogP contribution in [0.3, 0.4) is 0 Å². The van der Waals surface area contributed by atoms with Gasteiger partial charge in [0.05, 0.1) is 41.6 Å². The van der Waals surface area contributed by atoms with Crippen LogP contribution in [0.2, 0.25) is 0 Å². The van der Waals surface area contributed by atoms with E-state index in [-0.39, 0.29) is 17.8 Å². The molecule has 4 bridgehead atoms. The maximum Gasteiger partial charge on any atom is 0.129 e. The molecule has 0 radical (unpaired) electrons. The van der Waals surface area contributed by atoms with Crippen molar-refractivity contribution in [3.63, 3.8) is 0 Å². The fourth-order valence-corrected chi connectivity index (χ4v) is 7.47. The Bertz CT molecular complexity index is 954. The Labute approximate surface area is 162 Å². The van der Waals surface area contributed by atoms with Crippen LogP contribution >= 0.6 is 0 Å². The first-order chi connectivity index (χ1) is 13.3. The molecule has 2 unspecified atom stereocenters. The predicted molar refractivity (Wildman–Crippen MR) is 99.9 cm³/mol. The number of hydrogen-bond acceptors (Lipinski definition) is 4. The second-order valence-corrected chi connectivity index (χ2v) is 9.97. The molecular formula is C22H25FN2O3. The van der Waals surface area contributed by atoms with Crippen molar-refractivity contribution in [1.29, 1.82) is 0 Å². The van der Waals surface area contributed by atoms with Crippen molar-refractivity contribution >= 4 is 0 Å². The Balaban J connectivity index is 1.37. The first kappa shape index (κ1) is 17.1. The van der Waals surface area contributed by atoms with Gasteiger partial charge in [0, 0.05) is 23.0 Å². The lowest BCUT2D eigenvalue weighted by Gasteiger charge is -2.64. The second kappa shape index (κ2) is 5.23. The maximum absolute atomic E-state index is 14.7. The molecule has 0 spiro atoms. The summed E-state index contributed by atoms with van der Waals surface area (Å²) in [7, 11) is 0. The Hall–Kier alpha value is -1.76. The van der Waals surface area contributed by atoms with Crippen LogP contribution in [0.5, 0.6) is 0 Å². The fourth-order valence-electron chi connectivity index (χ4n) is 7.47. The molecule has 1 aromatic heterocycles. The van der Waals surface area contributed by atoms with E-state index in [0.717, 1.165) is 30.5 Å². The van der Waals surface area contributed by atoms with Gasteiger partial charge in [-0.3, -0.25) is 0 Å². The first-order valence-electron chi connectivity index (χ1n) is 10.2. The van der Waals surface area contributed by atoms with E-state index in [0.29, 0.717) is 31.2 Å². The number of nitrogens with zero attached hydrogens (tertiary/aromatic N) is 2. The van der Waals surface area contributed by atoms with Crippen LogP contribution < -0.4 is 0 Å². The van der Waals surface area contributed by atoms with Gasteiger partial charge in [0.1, 0.15) is 5.82 Å². The number of imidazole rings is 1. The quantitative estimate of drug-likeness (QED) is 0.760. The number of hydrogen-bond donors (Lipinski definition) is 3. The van der Waals surface area contributed by atoms with Crippen molar-refractivity contribution in [3.05, 3.63) is 42.1 Å². The smallest absolute Gasteiger partial charge is 0.129 e. The molecule has 4 aliphatic carbocycles. The molecule has 2 heterocycles. The minimum absolute atomic E-state index is 0.248. The Morgan fingerprint density at radius 3 is 2.61 bits per heavy atom. The largest absolute Gasteiger partial charge is 0.392 e. The highest BCUT2D eigenvalue weighted by molar-refractivity contribution is 5.69. The highest BCUT2D eigenvalue weighted by atomic mass is 19.1. The summed E-state index contributed by atoms with van der Waals surface area (Å²) in [6.45, 7) is 0. The topological polar surface area (TPSA) is 78.5 Å². The maximum atomic E-state index is 14.7. The molecule has 5 aliphatic rings. The van der Waals surface area contributed by atoms with Crippen LogP contribution in [0.25, 0.3) is 11.3 Å². The van der Waals surface area contributed by atoms with Crippen molar-refractivity contribution in [3.8, 4) is 11.3 Å². The van der Waals surface area contributed by atoms with E-state index in [1.165, 1.54) is 6.07 Å². The van der Waals surface area contributed by atoms with Gasteiger partial charge in [-0.25, -0.2) is 9.37 Å². The van der Waals surface area contributed by atoms with Gasteiger partial charge in [-0.1, -0.05) is 12.1 Å². The summed E-state index contributed by atoms with van der Waals surface area (Å²) < 4.78 is 16.7. The van der Waals surface area contributed by atoms with Crippen LogP contribution in [0.1, 0.15) is 56.6 Å².